The van der Waals surface area contributed by atoms with E-state index in [-0.39, 0.29) is 13.2 Å². The zero-order valence-corrected chi connectivity index (χ0v) is 9.32. The van der Waals surface area contributed by atoms with E-state index in [1.807, 2.05) is 0 Å². The molecule has 0 saturated heterocycles. The lowest BCUT2D eigenvalue weighted by Gasteiger charge is -2.14. The monoisotopic (exact) mass is 261 g/mol. The maximum absolute atomic E-state index is 8.85. The summed E-state index contributed by atoms with van der Waals surface area (Å²) in [4.78, 5) is 8.13. The van der Waals surface area contributed by atoms with Crippen LogP contribution in [0.5, 0.6) is 0 Å². The number of anilines is 1. The van der Waals surface area contributed by atoms with Crippen LogP contribution in [0, 0.1) is 6.92 Å². The van der Waals surface area contributed by atoms with Gasteiger partial charge in [-0.15, -0.1) is 0 Å². The third kappa shape index (κ3) is 3.21. The highest BCUT2D eigenvalue weighted by atomic mass is 79.9. The molecule has 0 saturated carbocycles. The maximum atomic E-state index is 8.85. The van der Waals surface area contributed by atoms with Crippen molar-refractivity contribution in [3.8, 4) is 0 Å². The van der Waals surface area contributed by atoms with Gasteiger partial charge in [0.05, 0.1) is 19.3 Å². The van der Waals surface area contributed by atoms with Crippen LogP contribution in [0.25, 0.3) is 0 Å². The molecule has 0 spiro atoms. The van der Waals surface area contributed by atoms with Crippen LogP contribution < -0.4 is 5.32 Å². The minimum Gasteiger partial charge on any atom is -0.394 e. The second kappa shape index (κ2) is 5.23. The van der Waals surface area contributed by atoms with Crippen molar-refractivity contribution in [2.24, 2.45) is 0 Å². The minimum atomic E-state index is -0.392. The molecule has 3 N–H and O–H groups in total. The van der Waals surface area contributed by atoms with Gasteiger partial charge >= 0.3 is 0 Å². The molecule has 5 nitrogen and oxygen atoms in total. The fraction of sp³-hybridized carbons (Fsp3) is 0.500. The lowest BCUT2D eigenvalue weighted by Crippen LogP contribution is -2.28. The first kappa shape index (κ1) is 11.4. The molecule has 0 aliphatic carbocycles. The molecule has 14 heavy (non-hydrogen) atoms. The van der Waals surface area contributed by atoms with Crippen LogP contribution in [0.1, 0.15) is 5.82 Å². The van der Waals surface area contributed by atoms with Crippen molar-refractivity contribution in [2.45, 2.75) is 13.0 Å². The summed E-state index contributed by atoms with van der Waals surface area (Å²) in [6.45, 7) is 1.48. The summed E-state index contributed by atoms with van der Waals surface area (Å²) in [5.41, 5.74) is 0. The van der Waals surface area contributed by atoms with E-state index < -0.39 is 6.04 Å². The maximum Gasteiger partial charge on any atom is 0.131 e. The van der Waals surface area contributed by atoms with Crippen LogP contribution in [-0.4, -0.2) is 39.4 Å². The van der Waals surface area contributed by atoms with Crippen molar-refractivity contribution >= 4 is 21.7 Å². The minimum absolute atomic E-state index is 0.142. The summed E-state index contributed by atoms with van der Waals surface area (Å²) >= 11 is 3.23. The van der Waals surface area contributed by atoms with E-state index in [1.54, 1.807) is 13.0 Å². The Morgan fingerprint density at radius 3 is 2.57 bits per heavy atom. The summed E-state index contributed by atoms with van der Waals surface area (Å²) in [5.74, 6) is 1.20. The Morgan fingerprint density at radius 2 is 2.07 bits per heavy atom. The molecule has 0 aliphatic heterocycles. The average molecular weight is 262 g/mol. The van der Waals surface area contributed by atoms with Gasteiger partial charge in [-0.25, -0.2) is 9.97 Å². The molecular weight excluding hydrogens is 250 g/mol. The number of hydrogen-bond donors (Lipinski definition) is 3. The van der Waals surface area contributed by atoms with Crippen LogP contribution >= 0.6 is 15.9 Å². The number of nitrogens with zero attached hydrogens (tertiary/aromatic N) is 2. The average Bonchev–Trinajstić information content (AvgIpc) is 2.12. The number of halogens is 1. The van der Waals surface area contributed by atoms with Gasteiger partial charge in [0.2, 0.25) is 0 Å². The highest BCUT2D eigenvalue weighted by Crippen LogP contribution is 2.12. The first-order valence-corrected chi connectivity index (χ1v) is 4.94. The van der Waals surface area contributed by atoms with Gasteiger partial charge < -0.3 is 15.5 Å². The first-order chi connectivity index (χ1) is 6.65. The lowest BCUT2D eigenvalue weighted by atomic mass is 10.3. The number of aliphatic hydroxyl groups excluding tert-OH is 2. The summed E-state index contributed by atoms with van der Waals surface area (Å²) in [6, 6.07) is 1.29. The molecule has 1 rings (SSSR count). The molecule has 0 radical (unpaired) electrons. The Kier molecular flexibility index (Phi) is 4.24. The molecule has 1 aromatic heterocycles. The molecule has 0 atom stereocenters. The molecular formula is C8H12BrN3O2. The van der Waals surface area contributed by atoms with Crippen molar-refractivity contribution in [1.29, 1.82) is 0 Å². The molecule has 0 amide bonds. The topological polar surface area (TPSA) is 78.3 Å². The second-order valence-electron chi connectivity index (χ2n) is 2.83. The normalized spacial score (nSPS) is 10.6. The van der Waals surface area contributed by atoms with E-state index in [1.165, 1.54) is 0 Å². The van der Waals surface area contributed by atoms with Crippen molar-refractivity contribution in [3.63, 3.8) is 0 Å². The zero-order chi connectivity index (χ0) is 10.6. The predicted molar refractivity (Wildman–Crippen MR) is 56.1 cm³/mol. The van der Waals surface area contributed by atoms with Crippen LogP contribution in [-0.2, 0) is 0 Å². The molecule has 0 aliphatic rings. The Bertz CT molecular complexity index is 284. The fourth-order valence-corrected chi connectivity index (χ4v) is 1.44. The van der Waals surface area contributed by atoms with Gasteiger partial charge in [-0.1, -0.05) is 0 Å². The SMILES string of the molecule is Cc1nc(Br)cc(NC(CO)CO)n1. The van der Waals surface area contributed by atoms with Crippen molar-refractivity contribution in [3.05, 3.63) is 16.5 Å². The van der Waals surface area contributed by atoms with Gasteiger partial charge in [0.1, 0.15) is 16.2 Å². The van der Waals surface area contributed by atoms with Gasteiger partial charge in [-0.3, -0.25) is 0 Å². The van der Waals surface area contributed by atoms with Gasteiger partial charge in [0.15, 0.2) is 0 Å². The van der Waals surface area contributed by atoms with E-state index in [9.17, 15) is 0 Å². The number of nitrogens with one attached hydrogen (secondary N) is 1. The van der Waals surface area contributed by atoms with Crippen LogP contribution in [0.15, 0.2) is 10.7 Å². The highest BCUT2D eigenvalue weighted by Gasteiger charge is 2.07. The summed E-state index contributed by atoms with van der Waals surface area (Å²) in [7, 11) is 0. The third-order valence-corrected chi connectivity index (χ3v) is 2.01. The van der Waals surface area contributed by atoms with Crippen molar-refractivity contribution in [2.75, 3.05) is 18.5 Å². The zero-order valence-electron chi connectivity index (χ0n) is 7.74. The standard InChI is InChI=1S/C8H12BrN3O2/c1-5-10-7(9)2-8(11-5)12-6(3-13)4-14/h2,6,13-14H,3-4H2,1H3,(H,10,11,12). The van der Waals surface area contributed by atoms with E-state index in [4.69, 9.17) is 10.2 Å². The fourth-order valence-electron chi connectivity index (χ4n) is 0.963. The second-order valence-corrected chi connectivity index (χ2v) is 3.64. The summed E-state index contributed by atoms with van der Waals surface area (Å²) < 4.78 is 0.669. The van der Waals surface area contributed by atoms with Crippen molar-refractivity contribution in [1.82, 2.24) is 9.97 Å². The molecule has 1 aromatic rings. The Hall–Kier alpha value is -0.720. The Balaban J connectivity index is 2.75. The Morgan fingerprint density at radius 1 is 1.43 bits per heavy atom. The molecule has 0 bridgehead atoms. The van der Waals surface area contributed by atoms with Crippen molar-refractivity contribution < 1.29 is 10.2 Å². The third-order valence-electron chi connectivity index (χ3n) is 1.60. The van der Waals surface area contributed by atoms with E-state index in [2.05, 4.69) is 31.2 Å². The largest absolute Gasteiger partial charge is 0.394 e. The number of aryl methyl sites for hydroxylation is 1. The van der Waals surface area contributed by atoms with Crippen LogP contribution in [0.3, 0.4) is 0 Å². The van der Waals surface area contributed by atoms with Gasteiger partial charge in [-0.2, -0.15) is 0 Å². The lowest BCUT2D eigenvalue weighted by molar-refractivity contribution is 0.203. The number of rotatable bonds is 4. The molecule has 6 heteroatoms. The smallest absolute Gasteiger partial charge is 0.131 e. The molecule has 78 valence electrons. The predicted octanol–water partition coefficient (Wildman–Crippen LogP) is 0.313. The van der Waals surface area contributed by atoms with Gasteiger partial charge in [-0.05, 0) is 22.9 Å². The van der Waals surface area contributed by atoms with Gasteiger partial charge in [0, 0.05) is 6.07 Å². The first-order valence-electron chi connectivity index (χ1n) is 4.15. The number of aliphatic hydroxyl groups is 2. The molecule has 0 aromatic carbocycles. The number of aromatic nitrogens is 2. The van der Waals surface area contributed by atoms with E-state index in [0.29, 0.717) is 16.2 Å². The Labute approximate surface area is 90.3 Å². The van der Waals surface area contributed by atoms with E-state index in [0.717, 1.165) is 0 Å². The summed E-state index contributed by atoms with van der Waals surface area (Å²) in [5, 5.41) is 20.6. The molecule has 0 fully saturated rings. The quantitative estimate of drug-likeness (QED) is 0.681. The van der Waals surface area contributed by atoms with Crippen LogP contribution in [0.2, 0.25) is 0 Å². The molecule has 1 heterocycles. The molecule has 0 unspecified atom stereocenters. The summed E-state index contributed by atoms with van der Waals surface area (Å²) in [6.07, 6.45) is 0. The number of hydrogen-bond acceptors (Lipinski definition) is 5. The van der Waals surface area contributed by atoms with Gasteiger partial charge in [0.25, 0.3) is 0 Å². The van der Waals surface area contributed by atoms with Crippen LogP contribution in [0.4, 0.5) is 5.82 Å². The highest BCUT2D eigenvalue weighted by molar-refractivity contribution is 9.10. The van der Waals surface area contributed by atoms with E-state index >= 15 is 0 Å².